The molecule has 0 aliphatic carbocycles. The molecule has 0 heterocycles. The third kappa shape index (κ3) is 3.50. The SMILES string of the molecule is [C-]#[N+]c1cc(CO)ccc1Oc1ccc(Cl)c(C(F)(F)F)c1. The fraction of sp³-hybridized carbons (Fsp3) is 0.133. The average Bonchev–Trinajstić information content (AvgIpc) is 2.48. The molecule has 0 saturated heterocycles. The lowest BCUT2D eigenvalue weighted by atomic mass is 10.2. The predicted octanol–water partition coefficient (Wildman–Crippen LogP) is 5.19. The van der Waals surface area contributed by atoms with Crippen LogP contribution in [0.15, 0.2) is 36.4 Å². The van der Waals surface area contributed by atoms with Gasteiger partial charge in [-0.25, -0.2) is 4.85 Å². The highest BCUT2D eigenvalue weighted by molar-refractivity contribution is 6.31. The van der Waals surface area contributed by atoms with Gasteiger partial charge in [-0.2, -0.15) is 13.2 Å². The molecule has 2 aromatic rings. The highest BCUT2D eigenvalue weighted by Crippen LogP contribution is 2.39. The largest absolute Gasteiger partial charge is 0.468 e. The number of ether oxygens (including phenoxy) is 1. The van der Waals surface area contributed by atoms with E-state index in [1.165, 1.54) is 24.3 Å². The standard InChI is InChI=1S/C15H9ClF3NO2/c1-20-13-6-9(8-21)2-5-14(13)22-10-3-4-12(16)11(7-10)15(17,18)19/h2-7,21H,8H2. The topological polar surface area (TPSA) is 33.8 Å². The molecule has 0 radical (unpaired) electrons. The van der Waals surface area contributed by atoms with E-state index < -0.39 is 16.8 Å². The van der Waals surface area contributed by atoms with Gasteiger partial charge < -0.3 is 9.84 Å². The Labute approximate surface area is 129 Å². The van der Waals surface area contributed by atoms with Crippen LogP contribution in [0, 0.1) is 6.57 Å². The Morgan fingerprint density at radius 2 is 1.91 bits per heavy atom. The summed E-state index contributed by atoms with van der Waals surface area (Å²) in [5, 5.41) is 8.58. The normalized spacial score (nSPS) is 11.1. The van der Waals surface area contributed by atoms with E-state index in [0.717, 1.165) is 12.1 Å². The molecule has 0 fully saturated rings. The van der Waals surface area contributed by atoms with E-state index in [-0.39, 0.29) is 23.8 Å². The molecule has 0 bridgehead atoms. The number of nitrogens with zero attached hydrogens (tertiary/aromatic N) is 1. The van der Waals surface area contributed by atoms with Crippen LogP contribution in [0.25, 0.3) is 4.85 Å². The van der Waals surface area contributed by atoms with Gasteiger partial charge in [0.2, 0.25) is 5.69 Å². The highest BCUT2D eigenvalue weighted by Gasteiger charge is 2.33. The van der Waals surface area contributed by atoms with Gasteiger partial charge in [0.25, 0.3) is 0 Å². The van der Waals surface area contributed by atoms with Gasteiger partial charge in [-0.1, -0.05) is 17.7 Å². The molecule has 2 rings (SSSR count). The minimum absolute atomic E-state index is 0.0848. The smallest absolute Gasteiger partial charge is 0.417 e. The van der Waals surface area contributed by atoms with Gasteiger partial charge in [0.05, 0.1) is 23.8 Å². The molecule has 0 amide bonds. The number of alkyl halides is 3. The zero-order valence-corrected chi connectivity index (χ0v) is 11.7. The summed E-state index contributed by atoms with van der Waals surface area (Å²) < 4.78 is 43.7. The van der Waals surface area contributed by atoms with E-state index in [1.54, 1.807) is 0 Å². The van der Waals surface area contributed by atoms with E-state index in [9.17, 15) is 13.2 Å². The Bertz CT molecular complexity index is 739. The summed E-state index contributed by atoms with van der Waals surface area (Å²) in [7, 11) is 0. The number of hydrogen-bond donors (Lipinski definition) is 1. The summed E-state index contributed by atoms with van der Waals surface area (Å²) in [6.45, 7) is 6.81. The van der Waals surface area contributed by atoms with Crippen molar-refractivity contribution in [3.8, 4) is 11.5 Å². The molecule has 7 heteroatoms. The van der Waals surface area contributed by atoms with Crippen LogP contribution in [0.4, 0.5) is 18.9 Å². The van der Waals surface area contributed by atoms with Crippen molar-refractivity contribution in [1.29, 1.82) is 0 Å². The molecule has 3 nitrogen and oxygen atoms in total. The fourth-order valence-corrected chi connectivity index (χ4v) is 1.97. The zero-order valence-electron chi connectivity index (χ0n) is 11.0. The summed E-state index contributed by atoms with van der Waals surface area (Å²) in [5.41, 5.74) is -0.413. The van der Waals surface area contributed by atoms with Crippen molar-refractivity contribution in [3.05, 3.63) is 64.0 Å². The Morgan fingerprint density at radius 1 is 1.18 bits per heavy atom. The van der Waals surface area contributed by atoms with Crippen molar-refractivity contribution >= 4 is 17.3 Å². The summed E-state index contributed by atoms with van der Waals surface area (Å²) in [5.74, 6) is 0.0148. The minimum Gasteiger partial charge on any atom is -0.468 e. The van der Waals surface area contributed by atoms with Crippen LogP contribution in [0.2, 0.25) is 5.02 Å². The number of halogens is 4. The summed E-state index contributed by atoms with van der Waals surface area (Å²) in [6.07, 6.45) is -4.60. The van der Waals surface area contributed by atoms with E-state index in [0.29, 0.717) is 5.56 Å². The molecular formula is C15H9ClF3NO2. The van der Waals surface area contributed by atoms with Gasteiger partial charge in [0, 0.05) is 0 Å². The van der Waals surface area contributed by atoms with Crippen LogP contribution in [-0.4, -0.2) is 5.11 Å². The molecular weight excluding hydrogens is 319 g/mol. The maximum atomic E-state index is 12.8. The molecule has 0 aliphatic rings. The van der Waals surface area contributed by atoms with Crippen molar-refractivity contribution in [1.82, 2.24) is 0 Å². The average molecular weight is 328 g/mol. The number of benzene rings is 2. The van der Waals surface area contributed by atoms with Gasteiger partial charge in [0.15, 0.2) is 0 Å². The zero-order chi connectivity index (χ0) is 16.3. The molecule has 0 saturated carbocycles. The first-order valence-electron chi connectivity index (χ1n) is 6.01. The van der Waals surface area contributed by atoms with Crippen molar-refractivity contribution in [2.75, 3.05) is 0 Å². The van der Waals surface area contributed by atoms with Crippen molar-refractivity contribution in [2.24, 2.45) is 0 Å². The first-order valence-corrected chi connectivity index (χ1v) is 6.39. The summed E-state index contributed by atoms with van der Waals surface area (Å²) >= 11 is 5.53. The maximum Gasteiger partial charge on any atom is 0.417 e. The van der Waals surface area contributed by atoms with Gasteiger partial charge in [-0.15, -0.1) is 0 Å². The Kier molecular flexibility index (Phi) is 4.59. The molecule has 114 valence electrons. The highest BCUT2D eigenvalue weighted by atomic mass is 35.5. The van der Waals surface area contributed by atoms with Crippen LogP contribution in [0.5, 0.6) is 11.5 Å². The minimum atomic E-state index is -4.60. The number of hydrogen-bond acceptors (Lipinski definition) is 2. The van der Waals surface area contributed by atoms with Crippen molar-refractivity contribution in [3.63, 3.8) is 0 Å². The first kappa shape index (κ1) is 16.1. The molecule has 0 atom stereocenters. The lowest BCUT2D eigenvalue weighted by Crippen LogP contribution is -2.05. The first-order chi connectivity index (χ1) is 10.3. The Morgan fingerprint density at radius 3 is 2.50 bits per heavy atom. The van der Waals surface area contributed by atoms with Crippen LogP contribution in [-0.2, 0) is 12.8 Å². The van der Waals surface area contributed by atoms with Crippen LogP contribution in [0.1, 0.15) is 11.1 Å². The summed E-state index contributed by atoms with van der Waals surface area (Å²) in [6, 6.07) is 7.48. The van der Waals surface area contributed by atoms with E-state index in [4.69, 9.17) is 28.0 Å². The molecule has 2 aromatic carbocycles. The number of aliphatic hydroxyl groups excluding tert-OH is 1. The lowest BCUT2D eigenvalue weighted by Gasteiger charge is -2.13. The molecule has 1 N–H and O–H groups in total. The molecule has 22 heavy (non-hydrogen) atoms. The molecule has 0 aliphatic heterocycles. The third-order valence-corrected chi connectivity index (χ3v) is 3.13. The van der Waals surface area contributed by atoms with Crippen LogP contribution < -0.4 is 4.74 Å². The van der Waals surface area contributed by atoms with E-state index >= 15 is 0 Å². The third-order valence-electron chi connectivity index (χ3n) is 2.80. The van der Waals surface area contributed by atoms with Crippen molar-refractivity contribution in [2.45, 2.75) is 12.8 Å². The summed E-state index contributed by atoms with van der Waals surface area (Å²) in [4.78, 5) is 3.23. The second kappa shape index (κ2) is 6.26. The number of rotatable bonds is 3. The fourth-order valence-electron chi connectivity index (χ4n) is 1.75. The van der Waals surface area contributed by atoms with Crippen LogP contribution >= 0.6 is 11.6 Å². The van der Waals surface area contributed by atoms with Crippen LogP contribution in [0.3, 0.4) is 0 Å². The van der Waals surface area contributed by atoms with Gasteiger partial charge >= 0.3 is 6.18 Å². The molecule has 0 aromatic heterocycles. The quantitative estimate of drug-likeness (QED) is 0.787. The Hall–Kier alpha value is -2.23. The number of aliphatic hydroxyl groups is 1. The molecule has 0 unspecified atom stereocenters. The maximum absolute atomic E-state index is 12.8. The predicted molar refractivity (Wildman–Crippen MR) is 75.2 cm³/mol. The van der Waals surface area contributed by atoms with E-state index in [1.807, 2.05) is 0 Å². The van der Waals surface area contributed by atoms with Gasteiger partial charge in [-0.3, -0.25) is 0 Å². The monoisotopic (exact) mass is 327 g/mol. The van der Waals surface area contributed by atoms with Gasteiger partial charge in [0.1, 0.15) is 11.5 Å². The second-order valence-electron chi connectivity index (χ2n) is 4.31. The van der Waals surface area contributed by atoms with Crippen molar-refractivity contribution < 1.29 is 23.0 Å². The van der Waals surface area contributed by atoms with E-state index in [2.05, 4.69) is 4.85 Å². The van der Waals surface area contributed by atoms with Gasteiger partial charge in [-0.05, 0) is 35.9 Å². The Balaban J connectivity index is 2.38. The molecule has 0 spiro atoms. The lowest BCUT2D eigenvalue weighted by molar-refractivity contribution is -0.137. The second-order valence-corrected chi connectivity index (χ2v) is 4.72.